The maximum atomic E-state index is 13.1. The minimum atomic E-state index is -0.344. The fourth-order valence-electron chi connectivity index (χ4n) is 3.40. The molecule has 10 nitrogen and oxygen atoms in total. The van der Waals surface area contributed by atoms with Crippen molar-refractivity contribution in [2.45, 2.75) is 24.5 Å². The van der Waals surface area contributed by atoms with E-state index in [1.807, 2.05) is 19.1 Å². The van der Waals surface area contributed by atoms with Crippen molar-refractivity contribution in [2.24, 2.45) is 5.10 Å². The van der Waals surface area contributed by atoms with E-state index in [1.165, 1.54) is 21.4 Å². The molecule has 0 unspecified atom stereocenters. The van der Waals surface area contributed by atoms with Gasteiger partial charge < -0.3 is 19.1 Å². The summed E-state index contributed by atoms with van der Waals surface area (Å²) < 4.78 is 17.6. The Balaban J connectivity index is 1.34. The number of furan rings is 3. The number of carbonyl (C=O) groups is 1. The summed E-state index contributed by atoms with van der Waals surface area (Å²) in [6.45, 7) is 1.82. The van der Waals surface area contributed by atoms with Crippen molar-refractivity contribution < 1.29 is 18.0 Å². The summed E-state index contributed by atoms with van der Waals surface area (Å²) in [5.74, 6) is 8.44. The molecule has 0 aromatic carbocycles. The first-order valence-corrected chi connectivity index (χ1v) is 10.4. The number of carbonyl (C=O) groups excluding carboxylic acids is 1. The smallest absolute Gasteiger partial charge is 0.253 e. The average molecular weight is 438 g/mol. The lowest BCUT2D eigenvalue weighted by Gasteiger charge is -2.19. The minimum Gasteiger partial charge on any atom is -0.469 e. The number of hydrazone groups is 1. The molecule has 4 aromatic rings. The summed E-state index contributed by atoms with van der Waals surface area (Å²) in [6.07, 6.45) is 5.21. The van der Waals surface area contributed by atoms with Crippen molar-refractivity contribution in [3.8, 4) is 11.4 Å². The van der Waals surface area contributed by atoms with E-state index in [0.717, 1.165) is 5.56 Å². The van der Waals surface area contributed by atoms with Gasteiger partial charge in [-0.2, -0.15) is 5.10 Å². The molecule has 5 rings (SSSR count). The summed E-state index contributed by atoms with van der Waals surface area (Å²) in [4.78, 5) is 13.1. The number of hydrogen-bond donors (Lipinski definition) is 1. The zero-order valence-electron chi connectivity index (χ0n) is 16.5. The molecule has 1 aliphatic heterocycles. The van der Waals surface area contributed by atoms with Crippen molar-refractivity contribution >= 4 is 23.4 Å². The van der Waals surface area contributed by atoms with Crippen molar-refractivity contribution in [1.29, 1.82) is 0 Å². The van der Waals surface area contributed by atoms with Crippen molar-refractivity contribution in [2.75, 3.05) is 11.6 Å². The van der Waals surface area contributed by atoms with Gasteiger partial charge in [-0.15, -0.1) is 10.2 Å². The Hall–Kier alpha value is -3.73. The lowest BCUT2D eigenvalue weighted by molar-refractivity contribution is -0.130. The molecule has 31 heavy (non-hydrogen) atoms. The Labute approximate surface area is 180 Å². The molecule has 11 heteroatoms. The van der Waals surface area contributed by atoms with Gasteiger partial charge in [0, 0.05) is 6.42 Å². The molecule has 0 aliphatic carbocycles. The second-order valence-corrected chi connectivity index (χ2v) is 7.80. The molecule has 0 saturated carbocycles. The predicted octanol–water partition coefficient (Wildman–Crippen LogP) is 3.22. The average Bonchev–Trinajstić information content (AvgIpc) is 3.57. The van der Waals surface area contributed by atoms with Gasteiger partial charge in [-0.05, 0) is 37.3 Å². The van der Waals surface area contributed by atoms with Crippen molar-refractivity contribution in [3.05, 3.63) is 66.4 Å². The fraction of sp³-hybridized carbons (Fsp3) is 0.200. The standard InChI is InChI=1S/C20H18N6O4S/c1-12-13(6-9-28-12)19-22-23-20(25(19)21)31-11-18(27)26-15(17-5-3-8-30-17)10-14(24-26)16-4-2-7-29-16/h2-9,15H,10-11,21H2,1H3/t15-/m0/s1. The van der Waals surface area contributed by atoms with Gasteiger partial charge in [0.05, 0.1) is 30.1 Å². The summed E-state index contributed by atoms with van der Waals surface area (Å²) in [6, 6.07) is 8.64. The molecule has 4 aromatic heterocycles. The van der Waals surface area contributed by atoms with Crippen LogP contribution in [-0.4, -0.2) is 37.3 Å². The van der Waals surface area contributed by atoms with Gasteiger partial charge >= 0.3 is 0 Å². The van der Waals surface area contributed by atoms with E-state index in [2.05, 4.69) is 15.3 Å². The van der Waals surface area contributed by atoms with Crippen LogP contribution in [0.15, 0.2) is 72.6 Å². The van der Waals surface area contributed by atoms with Gasteiger partial charge in [-0.1, -0.05) is 11.8 Å². The SMILES string of the molecule is Cc1occc1-c1nnc(SCC(=O)N2N=C(c3ccco3)C[C@H]2c2ccco2)n1N. The van der Waals surface area contributed by atoms with Gasteiger partial charge in [0.2, 0.25) is 5.16 Å². The van der Waals surface area contributed by atoms with E-state index >= 15 is 0 Å². The van der Waals surface area contributed by atoms with Crippen molar-refractivity contribution in [3.63, 3.8) is 0 Å². The third kappa shape index (κ3) is 3.52. The first-order valence-electron chi connectivity index (χ1n) is 9.46. The first kappa shape index (κ1) is 19.2. The minimum absolute atomic E-state index is 0.0752. The zero-order chi connectivity index (χ0) is 21.4. The Bertz CT molecular complexity index is 1220. The highest BCUT2D eigenvalue weighted by molar-refractivity contribution is 7.99. The van der Waals surface area contributed by atoms with Crippen LogP contribution in [0.3, 0.4) is 0 Å². The molecule has 0 bridgehead atoms. The lowest BCUT2D eigenvalue weighted by atomic mass is 10.1. The summed E-state index contributed by atoms with van der Waals surface area (Å²) >= 11 is 1.18. The van der Waals surface area contributed by atoms with Crippen LogP contribution in [-0.2, 0) is 4.79 Å². The molecule has 0 saturated heterocycles. The number of rotatable bonds is 6. The van der Waals surface area contributed by atoms with E-state index in [-0.39, 0.29) is 17.7 Å². The highest BCUT2D eigenvalue weighted by Gasteiger charge is 2.35. The van der Waals surface area contributed by atoms with Crippen LogP contribution in [0.2, 0.25) is 0 Å². The lowest BCUT2D eigenvalue weighted by Crippen LogP contribution is -2.28. The van der Waals surface area contributed by atoms with Crippen LogP contribution in [0.1, 0.15) is 29.7 Å². The molecule has 0 spiro atoms. The summed E-state index contributed by atoms with van der Waals surface area (Å²) in [7, 11) is 0. The third-order valence-corrected chi connectivity index (χ3v) is 5.86. The number of nitrogens with two attached hydrogens (primary N) is 1. The largest absolute Gasteiger partial charge is 0.469 e. The molecule has 2 N–H and O–H groups in total. The number of hydrogen-bond acceptors (Lipinski definition) is 9. The fourth-order valence-corrected chi connectivity index (χ4v) is 4.11. The topological polar surface area (TPSA) is 129 Å². The van der Waals surface area contributed by atoms with Gasteiger partial charge in [0.1, 0.15) is 29.0 Å². The van der Waals surface area contributed by atoms with Crippen LogP contribution in [0, 0.1) is 6.92 Å². The number of aryl methyl sites for hydroxylation is 1. The number of nitrogens with zero attached hydrogens (tertiary/aromatic N) is 5. The number of nitrogen functional groups attached to an aromatic ring is 1. The quantitative estimate of drug-likeness (QED) is 0.359. The second kappa shape index (κ2) is 7.84. The first-order chi connectivity index (χ1) is 15.1. The molecule has 1 aliphatic rings. The van der Waals surface area contributed by atoms with Crippen LogP contribution in [0.25, 0.3) is 11.4 Å². The zero-order valence-corrected chi connectivity index (χ0v) is 17.3. The van der Waals surface area contributed by atoms with Gasteiger partial charge in [-0.25, -0.2) is 9.69 Å². The Morgan fingerprint density at radius 3 is 2.71 bits per heavy atom. The number of aromatic nitrogens is 3. The second-order valence-electron chi connectivity index (χ2n) is 6.85. The van der Waals surface area contributed by atoms with Crippen molar-refractivity contribution in [1.82, 2.24) is 19.9 Å². The Morgan fingerprint density at radius 1 is 1.16 bits per heavy atom. The van der Waals surface area contributed by atoms with E-state index in [9.17, 15) is 4.79 Å². The molecule has 0 radical (unpaired) electrons. The summed E-state index contributed by atoms with van der Waals surface area (Å²) in [5, 5.41) is 14.6. The Kier molecular flexibility index (Phi) is 4.86. The Morgan fingerprint density at radius 2 is 2.00 bits per heavy atom. The van der Waals surface area contributed by atoms with E-state index in [1.54, 1.807) is 37.0 Å². The van der Waals surface area contributed by atoms with E-state index in [4.69, 9.17) is 19.1 Å². The van der Waals surface area contributed by atoms with E-state index < -0.39 is 0 Å². The predicted molar refractivity (Wildman–Crippen MR) is 111 cm³/mol. The third-order valence-electron chi connectivity index (χ3n) is 4.93. The van der Waals surface area contributed by atoms with Gasteiger partial charge in [0.15, 0.2) is 5.82 Å². The monoisotopic (exact) mass is 438 g/mol. The highest BCUT2D eigenvalue weighted by Crippen LogP contribution is 2.34. The highest BCUT2D eigenvalue weighted by atomic mass is 32.2. The molecule has 0 fully saturated rings. The maximum Gasteiger partial charge on any atom is 0.253 e. The molecule has 1 amide bonds. The normalized spacial score (nSPS) is 16.1. The number of thioether (sulfide) groups is 1. The van der Waals surface area contributed by atoms with Crippen LogP contribution < -0.4 is 5.84 Å². The van der Waals surface area contributed by atoms with Crippen LogP contribution in [0.4, 0.5) is 0 Å². The molecular weight excluding hydrogens is 420 g/mol. The molecular formula is C20H18N6O4S. The summed E-state index contributed by atoms with van der Waals surface area (Å²) in [5.41, 5.74) is 1.43. The van der Waals surface area contributed by atoms with Crippen LogP contribution in [0.5, 0.6) is 0 Å². The maximum absolute atomic E-state index is 13.1. The molecule has 1 atom stereocenters. The van der Waals surface area contributed by atoms with Gasteiger partial charge in [-0.3, -0.25) is 4.79 Å². The number of amides is 1. The van der Waals surface area contributed by atoms with Gasteiger partial charge in [0.25, 0.3) is 5.91 Å². The molecule has 5 heterocycles. The molecule has 158 valence electrons. The van der Waals surface area contributed by atoms with E-state index in [0.29, 0.717) is 40.4 Å². The van der Waals surface area contributed by atoms with Crippen LogP contribution >= 0.6 is 11.8 Å².